The molecular weight excluding hydrogens is 262 g/mol. The molecule has 2 heterocycles. The van der Waals surface area contributed by atoms with Crippen LogP contribution in [0.1, 0.15) is 25.2 Å². The number of aromatic nitrogens is 3. The lowest BCUT2D eigenvalue weighted by atomic mass is 10.2. The van der Waals surface area contributed by atoms with Crippen LogP contribution in [-0.4, -0.2) is 14.2 Å². The maximum atomic E-state index is 12.9. The van der Waals surface area contributed by atoms with Gasteiger partial charge < -0.3 is 0 Å². The molecule has 0 saturated heterocycles. The van der Waals surface area contributed by atoms with Gasteiger partial charge in [-0.15, -0.1) is 5.92 Å². The van der Waals surface area contributed by atoms with Gasteiger partial charge in [0.2, 0.25) is 0 Å². The lowest BCUT2D eigenvalue weighted by Crippen LogP contribution is -2.26. The number of benzene rings is 1. The maximum Gasteiger partial charge on any atom is 0.283 e. The summed E-state index contributed by atoms with van der Waals surface area (Å²) in [5.41, 5.74) is 1.97. The average Bonchev–Trinajstić information content (AvgIpc) is 2.91. The van der Waals surface area contributed by atoms with Crippen LogP contribution >= 0.6 is 0 Å². The Hall–Kier alpha value is -2.80. The van der Waals surface area contributed by atoms with E-state index >= 15 is 0 Å². The van der Waals surface area contributed by atoms with Crippen LogP contribution in [0.15, 0.2) is 47.4 Å². The molecule has 0 fully saturated rings. The van der Waals surface area contributed by atoms with E-state index in [2.05, 4.69) is 16.9 Å². The van der Waals surface area contributed by atoms with Crippen molar-refractivity contribution >= 4 is 5.52 Å². The second kappa shape index (κ2) is 5.29. The molecule has 104 valence electrons. The quantitative estimate of drug-likeness (QED) is 0.675. The summed E-state index contributed by atoms with van der Waals surface area (Å²) in [6.45, 7) is 3.75. The maximum absolute atomic E-state index is 12.9. The van der Waals surface area contributed by atoms with Crippen LogP contribution < -0.4 is 5.56 Å². The van der Waals surface area contributed by atoms with Gasteiger partial charge in [-0.3, -0.25) is 9.36 Å². The summed E-state index contributed by atoms with van der Waals surface area (Å²) in [7, 11) is 0. The third-order valence-corrected chi connectivity index (χ3v) is 3.34. The Morgan fingerprint density at radius 2 is 1.95 bits per heavy atom. The van der Waals surface area contributed by atoms with Gasteiger partial charge in [-0.05, 0) is 25.1 Å². The molecule has 21 heavy (non-hydrogen) atoms. The van der Waals surface area contributed by atoms with E-state index in [1.54, 1.807) is 22.2 Å². The predicted octanol–water partition coefficient (Wildman–Crippen LogP) is 2.42. The molecule has 1 aromatic carbocycles. The molecule has 3 aromatic rings. The first-order chi connectivity index (χ1) is 10.3. The second-order valence-electron chi connectivity index (χ2n) is 4.64. The number of aryl methyl sites for hydroxylation is 1. The normalized spacial score (nSPS) is 10.4. The fourth-order valence-corrected chi connectivity index (χ4v) is 2.42. The topological polar surface area (TPSA) is 39.3 Å². The number of hydrogen-bond acceptors (Lipinski definition) is 2. The average molecular weight is 277 g/mol. The smallest absolute Gasteiger partial charge is 0.266 e. The van der Waals surface area contributed by atoms with E-state index < -0.39 is 0 Å². The third kappa shape index (κ3) is 2.13. The molecule has 0 spiro atoms. The van der Waals surface area contributed by atoms with Crippen LogP contribution in [0.2, 0.25) is 0 Å². The van der Waals surface area contributed by atoms with Crippen LogP contribution in [0, 0.1) is 11.8 Å². The summed E-state index contributed by atoms with van der Waals surface area (Å²) in [5, 5.41) is 4.55. The lowest BCUT2D eigenvalue weighted by Gasteiger charge is -2.11. The number of hydrogen-bond donors (Lipinski definition) is 0. The minimum atomic E-state index is -0.0872. The molecule has 0 aliphatic carbocycles. The molecule has 4 heteroatoms. The highest BCUT2D eigenvalue weighted by Gasteiger charge is 2.14. The first-order valence-corrected chi connectivity index (χ1v) is 6.87. The summed E-state index contributed by atoms with van der Waals surface area (Å²) < 4.78 is 3.29. The largest absolute Gasteiger partial charge is 0.283 e. The van der Waals surface area contributed by atoms with E-state index in [-0.39, 0.29) is 5.56 Å². The second-order valence-corrected chi connectivity index (χ2v) is 4.64. The van der Waals surface area contributed by atoms with Crippen molar-refractivity contribution in [3.05, 3.63) is 64.3 Å². The highest BCUT2D eigenvalue weighted by Crippen LogP contribution is 2.12. The molecule has 3 rings (SSSR count). The van der Waals surface area contributed by atoms with Crippen molar-refractivity contribution in [1.82, 2.24) is 14.2 Å². The zero-order valence-electron chi connectivity index (χ0n) is 12.0. The van der Waals surface area contributed by atoms with Crippen molar-refractivity contribution < 1.29 is 0 Å². The number of nitrogens with zero attached hydrogens (tertiary/aromatic N) is 3. The van der Waals surface area contributed by atoms with Crippen molar-refractivity contribution in [2.24, 2.45) is 0 Å². The van der Waals surface area contributed by atoms with E-state index in [1.165, 1.54) is 0 Å². The molecule has 0 radical (unpaired) electrons. The van der Waals surface area contributed by atoms with Crippen molar-refractivity contribution in [3.63, 3.8) is 0 Å². The standard InChI is InChI=1S/C17H15N3O/c1-3-8-13-11-12-19-16(13)17(21)20(15(4-2)18-19)14-9-6-5-7-10-14/h5-7,9-12H,4H2,1-2H3. The summed E-state index contributed by atoms with van der Waals surface area (Å²) in [4.78, 5) is 12.9. The molecular formula is C17H15N3O. The Balaban J connectivity index is 2.42. The van der Waals surface area contributed by atoms with Gasteiger partial charge in [0.15, 0.2) is 0 Å². The van der Waals surface area contributed by atoms with Crippen LogP contribution in [0.5, 0.6) is 0 Å². The van der Waals surface area contributed by atoms with Crippen LogP contribution in [0.3, 0.4) is 0 Å². The van der Waals surface area contributed by atoms with Gasteiger partial charge in [0, 0.05) is 12.6 Å². The predicted molar refractivity (Wildman–Crippen MR) is 82.7 cm³/mol. The summed E-state index contributed by atoms with van der Waals surface area (Å²) in [5.74, 6) is 6.53. The van der Waals surface area contributed by atoms with Crippen molar-refractivity contribution in [1.29, 1.82) is 0 Å². The summed E-state index contributed by atoms with van der Waals surface area (Å²) in [6.07, 6.45) is 2.46. The fourth-order valence-electron chi connectivity index (χ4n) is 2.42. The molecule has 0 aliphatic rings. The minimum Gasteiger partial charge on any atom is -0.266 e. The summed E-state index contributed by atoms with van der Waals surface area (Å²) >= 11 is 0. The van der Waals surface area contributed by atoms with E-state index in [4.69, 9.17) is 0 Å². The van der Waals surface area contributed by atoms with Gasteiger partial charge in [-0.25, -0.2) is 4.52 Å². The Morgan fingerprint density at radius 3 is 2.62 bits per heavy atom. The van der Waals surface area contributed by atoms with Gasteiger partial charge in [-0.1, -0.05) is 31.0 Å². The Kier molecular flexibility index (Phi) is 3.33. The summed E-state index contributed by atoms with van der Waals surface area (Å²) in [6, 6.07) is 11.4. The van der Waals surface area contributed by atoms with Crippen molar-refractivity contribution in [2.45, 2.75) is 20.3 Å². The highest BCUT2D eigenvalue weighted by molar-refractivity contribution is 5.62. The van der Waals surface area contributed by atoms with Gasteiger partial charge in [-0.2, -0.15) is 5.10 Å². The van der Waals surface area contributed by atoms with Gasteiger partial charge in [0.25, 0.3) is 5.56 Å². The zero-order valence-corrected chi connectivity index (χ0v) is 12.0. The van der Waals surface area contributed by atoms with Crippen molar-refractivity contribution in [2.75, 3.05) is 0 Å². The SMILES string of the molecule is CC#Cc1ccn2nc(CC)n(-c3ccccc3)c(=O)c12. The third-order valence-electron chi connectivity index (χ3n) is 3.34. The number of rotatable bonds is 2. The van der Waals surface area contributed by atoms with Crippen LogP contribution in [0.4, 0.5) is 0 Å². The van der Waals surface area contributed by atoms with Gasteiger partial charge in [0.05, 0.1) is 11.3 Å². The van der Waals surface area contributed by atoms with E-state index in [0.29, 0.717) is 17.5 Å². The fraction of sp³-hybridized carbons (Fsp3) is 0.176. The van der Waals surface area contributed by atoms with Gasteiger partial charge in [0.1, 0.15) is 11.3 Å². The number of fused-ring (bicyclic) bond motifs is 1. The van der Waals surface area contributed by atoms with E-state index in [9.17, 15) is 4.79 Å². The monoisotopic (exact) mass is 277 g/mol. The molecule has 0 atom stereocenters. The minimum absolute atomic E-state index is 0.0872. The molecule has 0 unspecified atom stereocenters. The zero-order chi connectivity index (χ0) is 14.8. The molecule has 0 N–H and O–H groups in total. The lowest BCUT2D eigenvalue weighted by molar-refractivity contribution is 0.738. The Bertz CT molecular complexity index is 908. The Morgan fingerprint density at radius 1 is 1.19 bits per heavy atom. The molecule has 2 aromatic heterocycles. The van der Waals surface area contributed by atoms with E-state index in [0.717, 1.165) is 11.5 Å². The molecule has 0 saturated carbocycles. The van der Waals surface area contributed by atoms with Crippen molar-refractivity contribution in [3.8, 4) is 17.5 Å². The molecule has 4 nitrogen and oxygen atoms in total. The highest BCUT2D eigenvalue weighted by atomic mass is 16.1. The van der Waals surface area contributed by atoms with Crippen LogP contribution in [0.25, 0.3) is 11.2 Å². The molecule has 0 bridgehead atoms. The Labute approximate surface area is 122 Å². The number of para-hydroxylation sites is 1. The van der Waals surface area contributed by atoms with E-state index in [1.807, 2.05) is 43.3 Å². The molecule has 0 aliphatic heterocycles. The van der Waals surface area contributed by atoms with Crippen LogP contribution in [-0.2, 0) is 6.42 Å². The molecule has 0 amide bonds. The van der Waals surface area contributed by atoms with Gasteiger partial charge >= 0.3 is 0 Å². The first-order valence-electron chi connectivity index (χ1n) is 6.87. The first kappa shape index (κ1) is 13.2.